The van der Waals surface area contributed by atoms with Gasteiger partial charge < -0.3 is 14.3 Å². The summed E-state index contributed by atoms with van der Waals surface area (Å²) in [5.74, 6) is -0.506. The van der Waals surface area contributed by atoms with Gasteiger partial charge in [-0.15, -0.1) is 0 Å². The molecule has 1 fully saturated rings. The van der Waals surface area contributed by atoms with E-state index in [1.807, 2.05) is 0 Å². The van der Waals surface area contributed by atoms with Crippen LogP contribution in [0.2, 0.25) is 0 Å². The molecule has 1 N–H and O–H groups in total. The van der Waals surface area contributed by atoms with Gasteiger partial charge in [-0.25, -0.2) is 9.48 Å². The Labute approximate surface area is 149 Å². The van der Waals surface area contributed by atoms with E-state index < -0.39 is 17.6 Å². The van der Waals surface area contributed by atoms with Gasteiger partial charge in [0, 0.05) is 12.1 Å². The molecule has 0 saturated heterocycles. The maximum Gasteiger partial charge on any atom is 0.328 e. The Balaban J connectivity index is 1.85. The van der Waals surface area contributed by atoms with Crippen LogP contribution in [0.3, 0.4) is 0 Å². The van der Waals surface area contributed by atoms with Gasteiger partial charge in [-0.05, 0) is 19.3 Å². The molecule has 1 saturated carbocycles. The van der Waals surface area contributed by atoms with E-state index in [9.17, 15) is 19.5 Å². The number of aliphatic carboxylic acids is 1. The lowest BCUT2D eigenvalue weighted by Gasteiger charge is -2.18. The number of aryl methyl sites for hydroxylation is 1. The summed E-state index contributed by atoms with van der Waals surface area (Å²) < 4.78 is 11.5. The van der Waals surface area contributed by atoms with Crippen LogP contribution in [0, 0.1) is 12.8 Å². The van der Waals surface area contributed by atoms with Gasteiger partial charge in [0.15, 0.2) is 11.8 Å². The highest BCUT2D eigenvalue weighted by Crippen LogP contribution is 2.31. The van der Waals surface area contributed by atoms with E-state index in [1.54, 1.807) is 6.92 Å². The molecule has 2 aromatic heterocycles. The molecule has 3 rings (SSSR count). The first kappa shape index (κ1) is 17.9. The molecule has 0 aliphatic heterocycles. The van der Waals surface area contributed by atoms with Crippen molar-refractivity contribution >= 4 is 5.97 Å². The van der Waals surface area contributed by atoms with Gasteiger partial charge >= 0.3 is 5.97 Å². The summed E-state index contributed by atoms with van der Waals surface area (Å²) >= 11 is 0. The molecule has 26 heavy (non-hydrogen) atoms. The molecule has 2 aromatic rings. The molecule has 1 aliphatic rings. The average molecular weight is 360 g/mol. The standard InChI is InChI=1S/C18H20N2O6/c1-11-17(15(21)6-7-25-11)26-13-9-16(22)20(19-10-13)14(18(23)24)8-12-4-2-3-5-12/h6-7,9-10,12,14H,2-5,8H2,1H3,(H,23,24). The molecule has 8 heteroatoms. The Morgan fingerprint density at radius 1 is 1.42 bits per heavy atom. The predicted octanol–water partition coefficient (Wildman–Crippen LogP) is 2.50. The summed E-state index contributed by atoms with van der Waals surface area (Å²) in [6.45, 7) is 1.56. The number of hydrogen-bond donors (Lipinski definition) is 1. The van der Waals surface area contributed by atoms with Crippen LogP contribution in [-0.2, 0) is 4.79 Å². The SMILES string of the molecule is Cc1occc(=O)c1Oc1cnn(C(CC2CCCC2)C(=O)O)c(=O)c1. The number of carboxylic acids is 1. The highest BCUT2D eigenvalue weighted by Gasteiger charge is 2.28. The second kappa shape index (κ2) is 7.55. The summed E-state index contributed by atoms with van der Waals surface area (Å²) in [6.07, 6.45) is 6.99. The molecule has 0 spiro atoms. The fraction of sp³-hybridized carbons (Fsp3) is 0.444. The molecule has 1 atom stereocenters. The zero-order valence-corrected chi connectivity index (χ0v) is 14.4. The summed E-state index contributed by atoms with van der Waals surface area (Å²) in [5, 5.41) is 13.5. The van der Waals surface area contributed by atoms with Gasteiger partial charge in [0.05, 0.1) is 12.5 Å². The minimum Gasteiger partial charge on any atom is -0.480 e. The monoisotopic (exact) mass is 360 g/mol. The molecular formula is C18H20N2O6. The minimum atomic E-state index is -1.08. The quantitative estimate of drug-likeness (QED) is 0.842. The third-order valence-electron chi connectivity index (χ3n) is 4.64. The molecule has 138 valence electrons. The van der Waals surface area contributed by atoms with Crippen molar-refractivity contribution in [1.82, 2.24) is 9.78 Å². The average Bonchev–Trinajstić information content (AvgIpc) is 3.10. The second-order valence-electron chi connectivity index (χ2n) is 6.49. The van der Waals surface area contributed by atoms with Crippen LogP contribution in [0.5, 0.6) is 11.5 Å². The van der Waals surface area contributed by atoms with E-state index in [1.165, 1.54) is 18.5 Å². The number of carboxylic acid groups (broad SMARTS) is 1. The normalized spacial score (nSPS) is 15.7. The fourth-order valence-electron chi connectivity index (χ4n) is 3.30. The van der Waals surface area contributed by atoms with E-state index >= 15 is 0 Å². The van der Waals surface area contributed by atoms with Crippen LogP contribution in [-0.4, -0.2) is 20.9 Å². The number of hydrogen-bond acceptors (Lipinski definition) is 6. The van der Waals surface area contributed by atoms with Gasteiger partial charge in [0.25, 0.3) is 5.56 Å². The fourth-order valence-corrected chi connectivity index (χ4v) is 3.30. The first-order chi connectivity index (χ1) is 12.5. The third-order valence-corrected chi connectivity index (χ3v) is 4.64. The van der Waals surface area contributed by atoms with Crippen molar-refractivity contribution in [3.05, 3.63) is 50.9 Å². The Bertz CT molecular complexity index is 910. The summed E-state index contributed by atoms with van der Waals surface area (Å²) in [4.78, 5) is 35.8. The van der Waals surface area contributed by atoms with Crippen LogP contribution < -0.4 is 15.7 Å². The predicted molar refractivity (Wildman–Crippen MR) is 91.5 cm³/mol. The number of aromatic nitrogens is 2. The molecular weight excluding hydrogens is 340 g/mol. The Morgan fingerprint density at radius 2 is 2.15 bits per heavy atom. The van der Waals surface area contributed by atoms with Gasteiger partial charge in [0.2, 0.25) is 11.2 Å². The third kappa shape index (κ3) is 3.84. The lowest BCUT2D eigenvalue weighted by atomic mass is 9.98. The highest BCUT2D eigenvalue weighted by atomic mass is 16.5. The first-order valence-corrected chi connectivity index (χ1v) is 8.53. The van der Waals surface area contributed by atoms with E-state index in [-0.39, 0.29) is 28.6 Å². The number of nitrogens with zero attached hydrogens (tertiary/aromatic N) is 2. The summed E-state index contributed by atoms with van der Waals surface area (Å²) in [6, 6.07) is 1.32. The number of ether oxygens (including phenoxy) is 1. The highest BCUT2D eigenvalue weighted by molar-refractivity contribution is 5.71. The number of rotatable bonds is 6. The molecule has 8 nitrogen and oxygen atoms in total. The van der Waals surface area contributed by atoms with Crippen LogP contribution in [0.25, 0.3) is 0 Å². The van der Waals surface area contributed by atoms with Crippen molar-refractivity contribution in [1.29, 1.82) is 0 Å². The molecule has 0 amide bonds. The first-order valence-electron chi connectivity index (χ1n) is 8.53. The Morgan fingerprint density at radius 3 is 2.77 bits per heavy atom. The van der Waals surface area contributed by atoms with Gasteiger partial charge in [-0.3, -0.25) is 9.59 Å². The van der Waals surface area contributed by atoms with Crippen molar-refractivity contribution in [2.45, 2.75) is 45.1 Å². The zero-order chi connectivity index (χ0) is 18.7. The van der Waals surface area contributed by atoms with E-state index in [0.717, 1.165) is 36.4 Å². The molecule has 2 heterocycles. The molecule has 1 unspecified atom stereocenters. The van der Waals surface area contributed by atoms with Crippen molar-refractivity contribution in [2.24, 2.45) is 5.92 Å². The second-order valence-corrected chi connectivity index (χ2v) is 6.49. The maximum absolute atomic E-state index is 12.4. The summed E-state index contributed by atoms with van der Waals surface area (Å²) in [7, 11) is 0. The van der Waals surface area contributed by atoms with Gasteiger partial charge in [-0.1, -0.05) is 25.7 Å². The topological polar surface area (TPSA) is 112 Å². The van der Waals surface area contributed by atoms with E-state index in [4.69, 9.17) is 9.15 Å². The zero-order valence-electron chi connectivity index (χ0n) is 14.4. The minimum absolute atomic E-state index is 0.0350. The van der Waals surface area contributed by atoms with Crippen molar-refractivity contribution < 1.29 is 19.1 Å². The smallest absolute Gasteiger partial charge is 0.328 e. The molecule has 0 bridgehead atoms. The van der Waals surface area contributed by atoms with E-state index in [0.29, 0.717) is 6.42 Å². The summed E-state index contributed by atoms with van der Waals surface area (Å²) in [5.41, 5.74) is -0.978. The van der Waals surface area contributed by atoms with E-state index in [2.05, 4.69) is 5.10 Å². The van der Waals surface area contributed by atoms with Crippen molar-refractivity contribution in [3.63, 3.8) is 0 Å². The Hall–Kier alpha value is -2.90. The molecule has 1 aliphatic carbocycles. The maximum atomic E-state index is 12.4. The van der Waals surface area contributed by atoms with Crippen LogP contribution >= 0.6 is 0 Å². The molecule has 0 aromatic carbocycles. The van der Waals surface area contributed by atoms with Crippen LogP contribution in [0.4, 0.5) is 0 Å². The lowest BCUT2D eigenvalue weighted by molar-refractivity contribution is -0.142. The van der Waals surface area contributed by atoms with Gasteiger partial charge in [-0.2, -0.15) is 5.10 Å². The largest absolute Gasteiger partial charge is 0.480 e. The van der Waals surface area contributed by atoms with Crippen LogP contribution in [0.15, 0.2) is 38.6 Å². The van der Waals surface area contributed by atoms with Crippen LogP contribution in [0.1, 0.15) is 43.9 Å². The van der Waals surface area contributed by atoms with Gasteiger partial charge in [0.1, 0.15) is 5.76 Å². The Kier molecular flexibility index (Phi) is 5.20. The lowest BCUT2D eigenvalue weighted by Crippen LogP contribution is -2.32. The van der Waals surface area contributed by atoms with Crippen molar-refractivity contribution in [2.75, 3.05) is 0 Å². The number of carbonyl (C=O) groups is 1. The van der Waals surface area contributed by atoms with Crippen molar-refractivity contribution in [3.8, 4) is 11.5 Å². The molecule has 0 radical (unpaired) electrons.